The molecule has 0 aliphatic carbocycles. The van der Waals surface area contributed by atoms with Crippen LogP contribution in [0.15, 0.2) is 65.6 Å². The summed E-state index contributed by atoms with van der Waals surface area (Å²) in [5.74, 6) is 0.209. The molecule has 0 radical (unpaired) electrons. The summed E-state index contributed by atoms with van der Waals surface area (Å²) < 4.78 is 30.4. The van der Waals surface area contributed by atoms with Crippen LogP contribution in [0.1, 0.15) is 12.0 Å². The van der Waals surface area contributed by atoms with Crippen LogP contribution in [-0.2, 0) is 21.3 Å². The predicted octanol–water partition coefficient (Wildman–Crippen LogP) is 3.49. The molecule has 25 heavy (non-hydrogen) atoms. The zero-order valence-electron chi connectivity index (χ0n) is 13.2. The number of benzene rings is 3. The minimum absolute atomic E-state index is 0.0597. The molecular weight excluding hydrogens is 338 g/mol. The lowest BCUT2D eigenvalue weighted by Gasteiger charge is -2.17. The molecule has 3 aromatic rings. The fourth-order valence-electron chi connectivity index (χ4n) is 2.91. The Hall–Kier alpha value is -2.86. The first-order valence-corrected chi connectivity index (χ1v) is 9.28. The second kappa shape index (κ2) is 5.89. The highest BCUT2D eigenvalue weighted by Gasteiger charge is 2.21. The number of carbonyl (C=O) groups is 1. The van der Waals surface area contributed by atoms with Crippen LogP contribution >= 0.6 is 0 Å². The standard InChI is InChI=1S/C19H15NO4S/c21-19-10-6-15-12-17(8-9-18(15)20-19)25(22,23)24-16-7-5-13-3-1-2-4-14(13)11-16/h1-5,7-9,11-12H,6,10H2,(H,20,21). The van der Waals surface area contributed by atoms with Crippen molar-refractivity contribution in [2.24, 2.45) is 0 Å². The lowest BCUT2D eigenvalue weighted by molar-refractivity contribution is -0.116. The Morgan fingerprint density at radius 2 is 1.68 bits per heavy atom. The Balaban J connectivity index is 1.66. The van der Waals surface area contributed by atoms with Crippen molar-refractivity contribution in [3.05, 3.63) is 66.2 Å². The van der Waals surface area contributed by atoms with Crippen molar-refractivity contribution in [3.63, 3.8) is 0 Å². The van der Waals surface area contributed by atoms with Crippen molar-refractivity contribution in [3.8, 4) is 5.75 Å². The molecule has 0 atom stereocenters. The molecule has 0 unspecified atom stereocenters. The summed E-state index contributed by atoms with van der Waals surface area (Å²) in [6.45, 7) is 0. The van der Waals surface area contributed by atoms with E-state index in [1.807, 2.05) is 30.3 Å². The van der Waals surface area contributed by atoms with Crippen LogP contribution in [0, 0.1) is 0 Å². The molecule has 0 spiro atoms. The average Bonchev–Trinajstić information content (AvgIpc) is 2.60. The molecule has 4 rings (SSSR count). The Kier molecular flexibility index (Phi) is 3.69. The van der Waals surface area contributed by atoms with E-state index in [0.29, 0.717) is 18.5 Å². The first kappa shape index (κ1) is 15.7. The number of hydrogen-bond donors (Lipinski definition) is 1. The van der Waals surface area contributed by atoms with Crippen molar-refractivity contribution in [1.29, 1.82) is 0 Å². The van der Waals surface area contributed by atoms with Gasteiger partial charge < -0.3 is 9.50 Å². The van der Waals surface area contributed by atoms with Crippen LogP contribution in [0.3, 0.4) is 0 Å². The molecule has 5 nitrogen and oxygen atoms in total. The first-order valence-electron chi connectivity index (χ1n) is 7.87. The quantitative estimate of drug-likeness (QED) is 0.732. The molecule has 126 valence electrons. The monoisotopic (exact) mass is 353 g/mol. The highest BCUT2D eigenvalue weighted by Crippen LogP contribution is 2.28. The number of aryl methyl sites for hydroxylation is 1. The lowest BCUT2D eigenvalue weighted by Crippen LogP contribution is -2.19. The molecular formula is C19H15NO4S. The summed E-state index contributed by atoms with van der Waals surface area (Å²) in [4.78, 5) is 11.5. The Labute approximate surface area is 145 Å². The summed E-state index contributed by atoms with van der Waals surface area (Å²) in [7, 11) is -3.94. The third-order valence-electron chi connectivity index (χ3n) is 4.19. The van der Waals surface area contributed by atoms with E-state index >= 15 is 0 Å². The van der Waals surface area contributed by atoms with Gasteiger partial charge in [0.15, 0.2) is 0 Å². The molecule has 0 aromatic heterocycles. The summed E-state index contributed by atoms with van der Waals surface area (Å²) >= 11 is 0. The third kappa shape index (κ3) is 3.08. The van der Waals surface area contributed by atoms with Gasteiger partial charge in [0, 0.05) is 12.1 Å². The molecule has 1 aliphatic rings. The van der Waals surface area contributed by atoms with Gasteiger partial charge in [-0.25, -0.2) is 0 Å². The molecule has 1 heterocycles. The molecule has 0 fully saturated rings. The summed E-state index contributed by atoms with van der Waals surface area (Å²) in [5.41, 5.74) is 1.45. The van der Waals surface area contributed by atoms with Crippen molar-refractivity contribution in [2.75, 3.05) is 5.32 Å². The number of anilines is 1. The Morgan fingerprint density at radius 3 is 2.52 bits per heavy atom. The van der Waals surface area contributed by atoms with Gasteiger partial charge in [0.25, 0.3) is 0 Å². The maximum absolute atomic E-state index is 12.6. The van der Waals surface area contributed by atoms with Gasteiger partial charge >= 0.3 is 10.1 Å². The van der Waals surface area contributed by atoms with Crippen molar-refractivity contribution in [1.82, 2.24) is 0 Å². The van der Waals surface area contributed by atoms with Crippen LogP contribution in [0.4, 0.5) is 5.69 Å². The van der Waals surface area contributed by atoms with Crippen molar-refractivity contribution < 1.29 is 17.4 Å². The van der Waals surface area contributed by atoms with E-state index in [4.69, 9.17) is 4.18 Å². The number of hydrogen-bond acceptors (Lipinski definition) is 4. The molecule has 1 amide bonds. The fourth-order valence-corrected chi connectivity index (χ4v) is 3.88. The van der Waals surface area contributed by atoms with Crippen LogP contribution < -0.4 is 9.50 Å². The minimum atomic E-state index is -3.94. The van der Waals surface area contributed by atoms with Gasteiger partial charge in [-0.2, -0.15) is 8.42 Å². The SMILES string of the molecule is O=C1CCc2cc(S(=O)(=O)Oc3ccc4ccccc4c3)ccc2N1. The van der Waals surface area contributed by atoms with Gasteiger partial charge in [-0.05, 0) is 53.1 Å². The van der Waals surface area contributed by atoms with Crippen LogP contribution in [0.5, 0.6) is 5.75 Å². The van der Waals surface area contributed by atoms with E-state index in [1.165, 1.54) is 6.07 Å². The number of fused-ring (bicyclic) bond motifs is 2. The maximum atomic E-state index is 12.6. The highest BCUT2D eigenvalue weighted by molar-refractivity contribution is 7.87. The van der Waals surface area contributed by atoms with Gasteiger partial charge in [0.05, 0.1) is 0 Å². The number of nitrogens with one attached hydrogen (secondary N) is 1. The van der Waals surface area contributed by atoms with Gasteiger partial charge in [-0.1, -0.05) is 30.3 Å². The van der Waals surface area contributed by atoms with E-state index in [-0.39, 0.29) is 16.6 Å². The molecule has 6 heteroatoms. The third-order valence-corrected chi connectivity index (χ3v) is 5.43. The second-order valence-electron chi connectivity index (χ2n) is 5.91. The van der Waals surface area contributed by atoms with Crippen LogP contribution in [0.2, 0.25) is 0 Å². The molecule has 1 aliphatic heterocycles. The van der Waals surface area contributed by atoms with Gasteiger partial charge in [0.1, 0.15) is 10.6 Å². The molecule has 0 bridgehead atoms. The maximum Gasteiger partial charge on any atom is 0.339 e. The molecule has 1 N–H and O–H groups in total. The van der Waals surface area contributed by atoms with E-state index in [0.717, 1.165) is 16.3 Å². The summed E-state index contributed by atoms with van der Waals surface area (Å²) in [6, 6.07) is 17.4. The molecule has 3 aromatic carbocycles. The second-order valence-corrected chi connectivity index (χ2v) is 7.46. The predicted molar refractivity (Wildman–Crippen MR) is 95.2 cm³/mol. The number of rotatable bonds is 3. The number of carbonyl (C=O) groups excluding carboxylic acids is 1. The van der Waals surface area contributed by atoms with Crippen molar-refractivity contribution >= 4 is 32.5 Å². The van der Waals surface area contributed by atoms with E-state index < -0.39 is 10.1 Å². The Morgan fingerprint density at radius 1 is 0.880 bits per heavy atom. The van der Waals surface area contributed by atoms with Crippen LogP contribution in [-0.4, -0.2) is 14.3 Å². The average molecular weight is 353 g/mol. The van der Waals surface area contributed by atoms with E-state index in [2.05, 4.69) is 5.32 Å². The molecule has 0 saturated carbocycles. The minimum Gasteiger partial charge on any atom is -0.379 e. The zero-order chi connectivity index (χ0) is 17.4. The Bertz CT molecular complexity index is 1090. The normalized spacial score (nSPS) is 14.0. The fraction of sp³-hybridized carbons (Fsp3) is 0.105. The van der Waals surface area contributed by atoms with Gasteiger partial charge in [-0.15, -0.1) is 0 Å². The van der Waals surface area contributed by atoms with Gasteiger partial charge in [-0.3, -0.25) is 4.79 Å². The topological polar surface area (TPSA) is 72.5 Å². The smallest absolute Gasteiger partial charge is 0.339 e. The van der Waals surface area contributed by atoms with E-state index in [1.54, 1.807) is 24.3 Å². The van der Waals surface area contributed by atoms with E-state index in [9.17, 15) is 13.2 Å². The largest absolute Gasteiger partial charge is 0.379 e. The zero-order valence-corrected chi connectivity index (χ0v) is 14.0. The van der Waals surface area contributed by atoms with Crippen LogP contribution in [0.25, 0.3) is 10.8 Å². The summed E-state index contributed by atoms with van der Waals surface area (Å²) in [5, 5.41) is 4.65. The first-order chi connectivity index (χ1) is 12.0. The number of amides is 1. The molecule has 0 saturated heterocycles. The summed E-state index contributed by atoms with van der Waals surface area (Å²) in [6.07, 6.45) is 0.864. The van der Waals surface area contributed by atoms with Crippen molar-refractivity contribution in [2.45, 2.75) is 17.7 Å². The van der Waals surface area contributed by atoms with Gasteiger partial charge in [0.2, 0.25) is 5.91 Å². The lowest BCUT2D eigenvalue weighted by atomic mass is 10.0. The highest BCUT2D eigenvalue weighted by atomic mass is 32.2.